The van der Waals surface area contributed by atoms with E-state index in [9.17, 15) is 75.0 Å². The normalized spacial score (nSPS) is 15.0. The van der Waals surface area contributed by atoms with Crippen LogP contribution in [-0.4, -0.2) is 58.8 Å². The van der Waals surface area contributed by atoms with E-state index in [1.807, 2.05) is 0 Å². The molecule has 0 saturated carbocycles. The molecule has 0 atom stereocenters. The van der Waals surface area contributed by atoms with Crippen LogP contribution in [0.4, 0.5) is 70.2 Å². The van der Waals surface area contributed by atoms with Crippen molar-refractivity contribution < 1.29 is 75.0 Å². The third-order valence-electron chi connectivity index (χ3n) is 4.11. The van der Waals surface area contributed by atoms with Crippen LogP contribution in [0.25, 0.3) is 0 Å². The Kier molecular flexibility index (Phi) is 7.48. The highest BCUT2D eigenvalue weighted by Gasteiger charge is 2.94. The van der Waals surface area contributed by atoms with Crippen molar-refractivity contribution in [1.82, 2.24) is 10.3 Å². The minimum atomic E-state index is -8.55. The van der Waals surface area contributed by atoms with Crippen molar-refractivity contribution in [3.05, 3.63) is 30.1 Å². The van der Waals surface area contributed by atoms with Gasteiger partial charge in [0.25, 0.3) is 5.91 Å². The Morgan fingerprint density at radius 1 is 0.735 bits per heavy atom. The van der Waals surface area contributed by atoms with Gasteiger partial charge in [-0.15, -0.1) is 0 Å². The molecule has 34 heavy (non-hydrogen) atoms. The van der Waals surface area contributed by atoms with Gasteiger partial charge in [0.1, 0.15) is 0 Å². The van der Waals surface area contributed by atoms with E-state index in [1.54, 1.807) is 0 Å². The second-order valence-corrected chi connectivity index (χ2v) is 6.37. The number of alkyl halides is 16. The van der Waals surface area contributed by atoms with Crippen molar-refractivity contribution in [3.8, 4) is 0 Å². The van der Waals surface area contributed by atoms with E-state index in [4.69, 9.17) is 0 Å². The Labute approximate surface area is 177 Å². The second-order valence-electron chi connectivity index (χ2n) is 6.37. The number of hydrogen-bond acceptors (Lipinski definition) is 2. The highest BCUT2D eigenvalue weighted by molar-refractivity contribution is 5.84. The second kappa shape index (κ2) is 8.62. The fourth-order valence-electron chi connectivity index (χ4n) is 2.06. The Bertz CT molecular complexity index is 870. The Hall–Kier alpha value is -2.50. The van der Waals surface area contributed by atoms with E-state index in [-0.39, 0.29) is 0 Å². The molecule has 0 aromatic carbocycles. The number of rotatable bonds is 10. The number of pyridine rings is 1. The van der Waals surface area contributed by atoms with E-state index in [0.717, 1.165) is 23.6 Å². The zero-order chi connectivity index (χ0) is 27.2. The average Bonchev–Trinajstić information content (AvgIpc) is 2.71. The first kappa shape index (κ1) is 29.5. The predicted molar refractivity (Wildman–Crippen MR) is 76.7 cm³/mol. The van der Waals surface area contributed by atoms with Crippen LogP contribution in [0.5, 0.6) is 0 Å². The Balaban J connectivity index is 3.43. The molecule has 0 radical (unpaired) electrons. The average molecular weight is 536 g/mol. The summed E-state index contributed by atoms with van der Waals surface area (Å²) in [5.74, 6) is -59.7. The van der Waals surface area contributed by atoms with Crippen molar-refractivity contribution in [2.75, 3.05) is 0 Å². The number of hydrogen-bond donors (Lipinski definition) is 1. The fourth-order valence-corrected chi connectivity index (χ4v) is 2.06. The summed E-state index contributed by atoms with van der Waals surface area (Å²) in [6, 6.07) is 3.28. The van der Waals surface area contributed by atoms with Gasteiger partial charge in [-0.05, 0) is 12.1 Å². The lowest BCUT2D eigenvalue weighted by molar-refractivity contribution is -0.443. The molecule has 0 aliphatic heterocycles. The summed E-state index contributed by atoms with van der Waals surface area (Å²) in [6.07, 6.45) is -4.97. The minimum absolute atomic E-state index is 0.410. The third-order valence-corrected chi connectivity index (χ3v) is 4.11. The first-order valence-electron chi connectivity index (χ1n) is 8.05. The van der Waals surface area contributed by atoms with Crippen molar-refractivity contribution >= 4 is 5.91 Å². The maximum atomic E-state index is 13.7. The van der Waals surface area contributed by atoms with E-state index < -0.39 is 66.0 Å². The van der Waals surface area contributed by atoms with Crippen LogP contribution in [0.15, 0.2) is 24.4 Å². The largest absolute Gasteiger partial charge is 0.392 e. The van der Waals surface area contributed by atoms with Gasteiger partial charge in [-0.1, -0.05) is 6.07 Å². The monoisotopic (exact) mass is 536 g/mol. The maximum absolute atomic E-state index is 13.7. The summed E-state index contributed by atoms with van der Waals surface area (Å²) in [5.41, 5.74) is -0.410. The predicted octanol–water partition coefficient (Wildman–Crippen LogP) is 5.41. The lowest BCUT2D eigenvalue weighted by Crippen LogP contribution is -2.74. The van der Waals surface area contributed by atoms with E-state index in [2.05, 4.69) is 4.98 Å². The number of nitrogens with one attached hydrogen (secondary N) is 1. The van der Waals surface area contributed by atoms with E-state index in [1.165, 1.54) is 6.07 Å². The summed E-state index contributed by atoms with van der Waals surface area (Å²) < 4.78 is 211. The van der Waals surface area contributed by atoms with Gasteiger partial charge in [-0.3, -0.25) is 9.78 Å². The molecule has 0 bridgehead atoms. The fraction of sp³-hybridized carbons (Fsp3) is 0.600. The smallest absolute Gasteiger partial charge is 0.345 e. The SMILES string of the molecule is O=C(NCc1ccccn1)C(F)(F)C(F)(F)C(F)(F)C(F)(F)C(F)(F)C(F)(F)C(F)(F)C(F)F. The van der Waals surface area contributed by atoms with Crippen LogP contribution in [0.3, 0.4) is 0 Å². The molecule has 1 aromatic heterocycles. The van der Waals surface area contributed by atoms with Gasteiger partial charge in [0.15, 0.2) is 0 Å². The molecule has 19 heteroatoms. The van der Waals surface area contributed by atoms with Crippen LogP contribution >= 0.6 is 0 Å². The standard InChI is InChI=1S/C15H8F16N2O/c16-7(17)9(18,19)11(22,23)13(26,27)15(30,31)14(28,29)12(24,25)10(20,21)8(34)33-5-6-3-1-2-4-32-6/h1-4,7H,5H2,(H,33,34). The number of carbonyl (C=O) groups is 1. The first-order chi connectivity index (χ1) is 14.9. The first-order valence-corrected chi connectivity index (χ1v) is 8.05. The molecule has 0 aliphatic rings. The van der Waals surface area contributed by atoms with Crippen LogP contribution in [-0.2, 0) is 11.3 Å². The number of halogens is 16. The summed E-state index contributed by atoms with van der Waals surface area (Å²) >= 11 is 0. The summed E-state index contributed by atoms with van der Waals surface area (Å²) in [6.45, 7) is -1.25. The van der Waals surface area contributed by atoms with Gasteiger partial charge >= 0.3 is 47.9 Å². The number of amides is 1. The number of aromatic nitrogens is 1. The summed E-state index contributed by atoms with van der Waals surface area (Å²) in [5, 5.41) is 0.813. The molecule has 196 valence electrons. The van der Waals surface area contributed by atoms with Gasteiger partial charge in [0.2, 0.25) is 0 Å². The Morgan fingerprint density at radius 3 is 1.59 bits per heavy atom. The summed E-state index contributed by atoms with van der Waals surface area (Å²) in [4.78, 5) is 14.6. The highest BCUT2D eigenvalue weighted by Crippen LogP contribution is 2.62. The topological polar surface area (TPSA) is 42.0 Å². The van der Waals surface area contributed by atoms with Gasteiger partial charge in [-0.2, -0.15) is 61.5 Å². The van der Waals surface area contributed by atoms with Gasteiger partial charge in [0.05, 0.1) is 12.2 Å². The van der Waals surface area contributed by atoms with Crippen LogP contribution < -0.4 is 5.32 Å². The minimum Gasteiger partial charge on any atom is -0.345 e. The molecule has 1 amide bonds. The lowest BCUT2D eigenvalue weighted by atomic mass is 9.89. The van der Waals surface area contributed by atoms with E-state index in [0.29, 0.717) is 0 Å². The molecular formula is C15H8F16N2O. The Morgan fingerprint density at radius 2 is 1.18 bits per heavy atom. The zero-order valence-corrected chi connectivity index (χ0v) is 15.5. The molecule has 1 aromatic rings. The maximum Gasteiger partial charge on any atom is 0.392 e. The number of nitrogens with zero attached hydrogens (tertiary/aromatic N) is 1. The van der Waals surface area contributed by atoms with Crippen LogP contribution in [0, 0.1) is 0 Å². The van der Waals surface area contributed by atoms with Gasteiger partial charge < -0.3 is 5.32 Å². The van der Waals surface area contributed by atoms with Crippen LogP contribution in [0.2, 0.25) is 0 Å². The quantitative estimate of drug-likeness (QED) is 0.407. The number of carbonyl (C=O) groups excluding carboxylic acids is 1. The lowest BCUT2D eigenvalue weighted by Gasteiger charge is -2.42. The van der Waals surface area contributed by atoms with Crippen molar-refractivity contribution in [3.63, 3.8) is 0 Å². The molecule has 0 aliphatic carbocycles. The molecule has 0 unspecified atom stereocenters. The van der Waals surface area contributed by atoms with Crippen molar-refractivity contribution in [2.45, 2.75) is 54.4 Å². The molecule has 0 saturated heterocycles. The molecule has 0 spiro atoms. The molecule has 1 rings (SSSR count). The van der Waals surface area contributed by atoms with Crippen LogP contribution in [0.1, 0.15) is 5.69 Å². The molecule has 1 N–H and O–H groups in total. The van der Waals surface area contributed by atoms with E-state index >= 15 is 0 Å². The molecule has 1 heterocycles. The van der Waals surface area contributed by atoms with Crippen molar-refractivity contribution in [2.24, 2.45) is 0 Å². The molecule has 3 nitrogen and oxygen atoms in total. The third kappa shape index (κ3) is 4.09. The van der Waals surface area contributed by atoms with Gasteiger partial charge in [-0.25, -0.2) is 8.78 Å². The van der Waals surface area contributed by atoms with Crippen molar-refractivity contribution in [1.29, 1.82) is 0 Å². The molecule has 0 fully saturated rings. The molecular weight excluding hydrogens is 528 g/mol. The van der Waals surface area contributed by atoms with Gasteiger partial charge in [0, 0.05) is 6.20 Å². The summed E-state index contributed by atoms with van der Waals surface area (Å²) in [7, 11) is 0. The highest BCUT2D eigenvalue weighted by atomic mass is 19.4. The zero-order valence-electron chi connectivity index (χ0n) is 15.5.